The monoisotopic (exact) mass is 299 g/mol. The zero-order valence-electron chi connectivity index (χ0n) is 13.8. The molecule has 0 spiro atoms. The minimum absolute atomic E-state index is 0.0720. The van der Waals surface area contributed by atoms with Crippen molar-refractivity contribution < 1.29 is 14.7 Å². The van der Waals surface area contributed by atoms with Crippen molar-refractivity contribution in [3.63, 3.8) is 0 Å². The van der Waals surface area contributed by atoms with E-state index in [0.29, 0.717) is 19.0 Å². The number of carbonyl (C=O) groups is 2. The van der Waals surface area contributed by atoms with E-state index in [2.05, 4.69) is 10.2 Å². The minimum atomic E-state index is -0.849. The van der Waals surface area contributed by atoms with Gasteiger partial charge in [-0.15, -0.1) is 0 Å². The first-order valence-corrected chi connectivity index (χ1v) is 7.52. The molecule has 1 fully saturated rings. The molecule has 1 aliphatic heterocycles. The lowest BCUT2D eigenvalue weighted by molar-refractivity contribution is -0.142. The predicted molar refractivity (Wildman–Crippen MR) is 82.3 cm³/mol. The molecule has 2 amide bonds. The summed E-state index contributed by atoms with van der Waals surface area (Å²) < 4.78 is 0. The third-order valence-electron chi connectivity index (χ3n) is 3.89. The molecule has 1 rings (SSSR count). The van der Waals surface area contributed by atoms with E-state index in [1.165, 1.54) is 0 Å². The average Bonchev–Trinajstić information content (AvgIpc) is 2.82. The Morgan fingerprint density at radius 1 is 1.38 bits per heavy atom. The second kappa shape index (κ2) is 7.11. The first-order chi connectivity index (χ1) is 9.60. The van der Waals surface area contributed by atoms with E-state index in [9.17, 15) is 14.7 Å². The molecule has 1 saturated heterocycles. The SMILES string of the molecule is CN(C)C1CCN(C(=O)NCC(CC(C)(C)C)C(=O)O)C1. The van der Waals surface area contributed by atoms with E-state index in [1.54, 1.807) is 4.90 Å². The van der Waals surface area contributed by atoms with Crippen LogP contribution in [0.15, 0.2) is 0 Å². The van der Waals surface area contributed by atoms with Gasteiger partial charge in [-0.3, -0.25) is 4.79 Å². The molecule has 2 N–H and O–H groups in total. The van der Waals surface area contributed by atoms with Crippen molar-refractivity contribution in [3.8, 4) is 0 Å². The van der Waals surface area contributed by atoms with Gasteiger partial charge in [-0.25, -0.2) is 4.79 Å². The van der Waals surface area contributed by atoms with Crippen LogP contribution < -0.4 is 5.32 Å². The van der Waals surface area contributed by atoms with Crippen LogP contribution >= 0.6 is 0 Å². The van der Waals surface area contributed by atoms with Gasteiger partial charge in [0.1, 0.15) is 0 Å². The summed E-state index contributed by atoms with van der Waals surface area (Å²) in [7, 11) is 4.02. The number of carboxylic acid groups (broad SMARTS) is 1. The van der Waals surface area contributed by atoms with Crippen molar-refractivity contribution in [1.29, 1.82) is 0 Å². The summed E-state index contributed by atoms with van der Waals surface area (Å²) in [6.07, 6.45) is 1.51. The highest BCUT2D eigenvalue weighted by molar-refractivity contribution is 5.76. The molecule has 0 aliphatic carbocycles. The number of rotatable bonds is 5. The smallest absolute Gasteiger partial charge is 0.317 e. The van der Waals surface area contributed by atoms with Gasteiger partial charge in [-0.2, -0.15) is 0 Å². The Morgan fingerprint density at radius 3 is 2.43 bits per heavy atom. The quantitative estimate of drug-likeness (QED) is 0.806. The van der Waals surface area contributed by atoms with Crippen molar-refractivity contribution in [1.82, 2.24) is 15.1 Å². The van der Waals surface area contributed by atoms with E-state index < -0.39 is 11.9 Å². The number of hydrogen-bond donors (Lipinski definition) is 2. The lowest BCUT2D eigenvalue weighted by atomic mass is 9.84. The number of likely N-dealkylation sites (tertiary alicyclic amines) is 1. The van der Waals surface area contributed by atoms with Crippen LogP contribution in [-0.4, -0.2) is 66.7 Å². The summed E-state index contributed by atoms with van der Waals surface area (Å²) in [5.41, 5.74) is -0.0720. The van der Waals surface area contributed by atoms with Gasteiger partial charge in [0.2, 0.25) is 0 Å². The van der Waals surface area contributed by atoms with Gasteiger partial charge in [0.25, 0.3) is 0 Å². The van der Waals surface area contributed by atoms with Gasteiger partial charge >= 0.3 is 12.0 Å². The third kappa shape index (κ3) is 5.91. The molecule has 2 unspecified atom stereocenters. The van der Waals surface area contributed by atoms with Crippen molar-refractivity contribution >= 4 is 12.0 Å². The lowest BCUT2D eigenvalue weighted by Gasteiger charge is -2.25. The molecule has 0 aromatic carbocycles. The minimum Gasteiger partial charge on any atom is -0.481 e. The molecule has 0 aromatic heterocycles. The zero-order valence-corrected chi connectivity index (χ0v) is 13.8. The molecule has 6 nitrogen and oxygen atoms in total. The lowest BCUT2D eigenvalue weighted by Crippen LogP contribution is -2.43. The van der Waals surface area contributed by atoms with Crippen LogP contribution in [0.4, 0.5) is 4.79 Å². The average molecular weight is 299 g/mol. The van der Waals surface area contributed by atoms with Gasteiger partial charge in [0.15, 0.2) is 0 Å². The molecule has 0 aromatic rings. The summed E-state index contributed by atoms with van der Waals surface area (Å²) in [5, 5.41) is 12.0. The van der Waals surface area contributed by atoms with Crippen LogP contribution in [0.25, 0.3) is 0 Å². The molecule has 0 bridgehead atoms. The molecule has 21 heavy (non-hydrogen) atoms. The van der Waals surface area contributed by atoms with Crippen LogP contribution in [0.5, 0.6) is 0 Å². The first-order valence-electron chi connectivity index (χ1n) is 7.52. The second-order valence-electron chi connectivity index (χ2n) is 7.34. The highest BCUT2D eigenvalue weighted by atomic mass is 16.4. The second-order valence-corrected chi connectivity index (χ2v) is 7.34. The van der Waals surface area contributed by atoms with Gasteiger partial charge in [0.05, 0.1) is 5.92 Å². The number of nitrogens with zero attached hydrogens (tertiary/aromatic N) is 2. The van der Waals surface area contributed by atoms with Crippen molar-refractivity contribution in [2.24, 2.45) is 11.3 Å². The zero-order chi connectivity index (χ0) is 16.2. The van der Waals surface area contributed by atoms with E-state index >= 15 is 0 Å². The maximum atomic E-state index is 12.1. The molecule has 2 atom stereocenters. The summed E-state index contributed by atoms with van der Waals surface area (Å²) in [6.45, 7) is 7.64. The Hall–Kier alpha value is -1.30. The maximum Gasteiger partial charge on any atom is 0.317 e. The number of hydrogen-bond acceptors (Lipinski definition) is 3. The summed E-state index contributed by atoms with van der Waals surface area (Å²) in [5.74, 6) is -1.39. The Kier molecular flexibility index (Phi) is 6.01. The summed E-state index contributed by atoms with van der Waals surface area (Å²) in [6, 6.07) is 0.236. The fourth-order valence-electron chi connectivity index (χ4n) is 2.66. The van der Waals surface area contributed by atoms with Gasteiger partial charge in [0, 0.05) is 25.7 Å². The summed E-state index contributed by atoms with van der Waals surface area (Å²) >= 11 is 0. The summed E-state index contributed by atoms with van der Waals surface area (Å²) in [4.78, 5) is 27.3. The van der Waals surface area contributed by atoms with Gasteiger partial charge < -0.3 is 20.2 Å². The Bertz CT molecular complexity index is 377. The molecule has 1 aliphatic rings. The van der Waals surface area contributed by atoms with Crippen LogP contribution in [0.3, 0.4) is 0 Å². The van der Waals surface area contributed by atoms with Gasteiger partial charge in [-0.1, -0.05) is 20.8 Å². The highest BCUT2D eigenvalue weighted by Crippen LogP contribution is 2.24. The van der Waals surface area contributed by atoms with Crippen molar-refractivity contribution in [2.45, 2.75) is 39.7 Å². The Morgan fingerprint density at radius 2 is 2.00 bits per heavy atom. The topological polar surface area (TPSA) is 72.9 Å². The van der Waals surface area contributed by atoms with Gasteiger partial charge in [-0.05, 0) is 32.4 Å². The van der Waals surface area contributed by atoms with Crippen LogP contribution in [-0.2, 0) is 4.79 Å². The number of aliphatic carboxylic acids is 1. The number of urea groups is 1. The third-order valence-corrected chi connectivity index (χ3v) is 3.89. The number of amides is 2. The number of nitrogens with one attached hydrogen (secondary N) is 1. The predicted octanol–water partition coefficient (Wildman–Crippen LogP) is 1.47. The van der Waals surface area contributed by atoms with E-state index in [-0.39, 0.29) is 18.0 Å². The molecule has 0 radical (unpaired) electrons. The highest BCUT2D eigenvalue weighted by Gasteiger charge is 2.29. The fourth-order valence-corrected chi connectivity index (χ4v) is 2.66. The van der Waals surface area contributed by atoms with Crippen LogP contribution in [0.1, 0.15) is 33.6 Å². The molecule has 0 saturated carbocycles. The van der Waals surface area contributed by atoms with E-state index in [1.807, 2.05) is 34.9 Å². The molecule has 6 heteroatoms. The molecular weight excluding hydrogens is 270 g/mol. The standard InChI is InChI=1S/C15H29N3O3/c1-15(2,3)8-11(13(19)20)9-16-14(21)18-7-6-12(10-18)17(4)5/h11-12H,6-10H2,1-5H3,(H,16,21)(H,19,20). The number of carbonyl (C=O) groups excluding carboxylic acids is 1. The largest absolute Gasteiger partial charge is 0.481 e. The van der Waals surface area contributed by atoms with Crippen molar-refractivity contribution in [2.75, 3.05) is 33.7 Å². The molecule has 1 heterocycles. The van der Waals surface area contributed by atoms with Crippen LogP contribution in [0, 0.1) is 11.3 Å². The van der Waals surface area contributed by atoms with E-state index in [4.69, 9.17) is 0 Å². The number of carboxylic acids is 1. The molecular formula is C15H29N3O3. The number of likely N-dealkylation sites (N-methyl/N-ethyl adjacent to an activating group) is 1. The normalized spacial score (nSPS) is 20.7. The van der Waals surface area contributed by atoms with Crippen LogP contribution in [0.2, 0.25) is 0 Å². The first kappa shape index (κ1) is 17.8. The molecule has 122 valence electrons. The fraction of sp³-hybridized carbons (Fsp3) is 0.867. The Labute approximate surface area is 127 Å². The van der Waals surface area contributed by atoms with Crippen molar-refractivity contribution in [3.05, 3.63) is 0 Å². The maximum absolute atomic E-state index is 12.1. The Balaban J connectivity index is 2.46. The van der Waals surface area contributed by atoms with E-state index in [0.717, 1.165) is 13.0 Å².